The fraction of sp³-hybridized carbons (Fsp3) is 0.600. The van der Waals surface area contributed by atoms with Crippen LogP contribution in [0.15, 0.2) is 17.0 Å². The standard InChI is InChI=1S/C30H42O2S4/c1-21-25-15-26-18-35-36-19-27-16-28(34-20-33-17-25)24(4)30(23(27)3)32-14-12-10-8-6-5-7-9-11-13-31-29(21)22(26)2/h15-16H,5-14,17-20H2,1-4H3. The number of thioether (sulfide) groups is 2. The Hall–Kier alpha value is -0.560. The number of ether oxygens (including phenoxy) is 2. The lowest BCUT2D eigenvalue weighted by Gasteiger charge is -2.21. The third-order valence-electron chi connectivity index (χ3n) is 7.43. The smallest absolute Gasteiger partial charge is 0.126 e. The maximum absolute atomic E-state index is 6.48. The second-order valence-electron chi connectivity index (χ2n) is 10.0. The zero-order valence-electron chi connectivity index (χ0n) is 22.5. The Kier molecular flexibility index (Phi) is 11.5. The molecule has 5 rings (SSSR count). The largest absolute Gasteiger partial charge is 0.493 e. The molecule has 0 spiro atoms. The summed E-state index contributed by atoms with van der Waals surface area (Å²) in [6, 6.07) is 4.89. The van der Waals surface area contributed by atoms with E-state index >= 15 is 0 Å². The van der Waals surface area contributed by atoms with Crippen molar-refractivity contribution in [1.29, 1.82) is 0 Å². The molecule has 0 atom stereocenters. The maximum Gasteiger partial charge on any atom is 0.126 e. The van der Waals surface area contributed by atoms with Crippen LogP contribution in [0.1, 0.15) is 90.3 Å². The van der Waals surface area contributed by atoms with E-state index in [1.165, 1.54) is 82.4 Å². The molecule has 0 radical (unpaired) electrons. The van der Waals surface area contributed by atoms with Gasteiger partial charge in [-0.1, -0.05) is 66.2 Å². The Morgan fingerprint density at radius 2 is 1.03 bits per heavy atom. The lowest BCUT2D eigenvalue weighted by molar-refractivity contribution is 0.296. The van der Waals surface area contributed by atoms with Gasteiger partial charge < -0.3 is 9.47 Å². The van der Waals surface area contributed by atoms with Gasteiger partial charge in [0.2, 0.25) is 0 Å². The van der Waals surface area contributed by atoms with E-state index in [1.54, 1.807) is 0 Å². The van der Waals surface area contributed by atoms with Crippen molar-refractivity contribution >= 4 is 45.1 Å². The van der Waals surface area contributed by atoms with Crippen LogP contribution in [0.4, 0.5) is 0 Å². The van der Waals surface area contributed by atoms with Crippen molar-refractivity contribution in [3.8, 4) is 11.5 Å². The average molecular weight is 563 g/mol. The summed E-state index contributed by atoms with van der Waals surface area (Å²) in [6.07, 6.45) is 10.2. The summed E-state index contributed by atoms with van der Waals surface area (Å²) in [6.45, 7) is 10.7. The summed E-state index contributed by atoms with van der Waals surface area (Å²) < 4.78 is 13.0. The van der Waals surface area contributed by atoms with Crippen molar-refractivity contribution in [1.82, 2.24) is 0 Å². The molecular weight excluding hydrogens is 521 g/mol. The molecule has 2 nitrogen and oxygen atoms in total. The van der Waals surface area contributed by atoms with Gasteiger partial charge in [0, 0.05) is 32.8 Å². The van der Waals surface area contributed by atoms with Crippen molar-refractivity contribution in [3.05, 3.63) is 51.1 Å². The van der Waals surface area contributed by atoms with Crippen LogP contribution in [0.2, 0.25) is 0 Å². The summed E-state index contributed by atoms with van der Waals surface area (Å²) in [4.78, 5) is 1.38. The molecule has 0 amide bonds. The zero-order chi connectivity index (χ0) is 25.3. The van der Waals surface area contributed by atoms with E-state index in [9.17, 15) is 0 Å². The van der Waals surface area contributed by atoms with E-state index in [1.807, 2.05) is 45.1 Å². The van der Waals surface area contributed by atoms with E-state index < -0.39 is 0 Å². The summed E-state index contributed by atoms with van der Waals surface area (Å²) in [5, 5.41) is 1.05. The van der Waals surface area contributed by atoms with Crippen LogP contribution in [-0.4, -0.2) is 18.3 Å². The average Bonchev–Trinajstić information content (AvgIpc) is 2.86. The number of hydrogen-bond acceptors (Lipinski definition) is 6. The summed E-state index contributed by atoms with van der Waals surface area (Å²) in [5.74, 6) is 5.34. The molecule has 0 aromatic heterocycles. The number of hydrogen-bond donors (Lipinski definition) is 0. The molecule has 0 saturated carbocycles. The fourth-order valence-electron chi connectivity index (χ4n) is 5.03. The molecule has 6 heteroatoms. The lowest BCUT2D eigenvalue weighted by atomic mass is 10.00. The molecule has 0 unspecified atom stereocenters. The predicted molar refractivity (Wildman–Crippen MR) is 164 cm³/mol. The van der Waals surface area contributed by atoms with E-state index in [4.69, 9.17) is 9.47 Å². The Morgan fingerprint density at radius 3 is 1.61 bits per heavy atom. The quantitative estimate of drug-likeness (QED) is 0.295. The maximum atomic E-state index is 6.48. The topological polar surface area (TPSA) is 18.5 Å². The first kappa shape index (κ1) is 28.4. The molecule has 0 N–H and O–H groups in total. The van der Waals surface area contributed by atoms with Crippen molar-refractivity contribution in [2.24, 2.45) is 0 Å². The monoisotopic (exact) mass is 562 g/mol. The first-order valence-electron chi connectivity index (χ1n) is 13.5. The highest BCUT2D eigenvalue weighted by molar-refractivity contribution is 8.76. The highest BCUT2D eigenvalue weighted by Gasteiger charge is 2.18. The molecule has 0 aliphatic carbocycles. The van der Waals surface area contributed by atoms with Crippen LogP contribution in [0.25, 0.3) is 0 Å². The van der Waals surface area contributed by atoms with Crippen molar-refractivity contribution < 1.29 is 9.47 Å². The highest BCUT2D eigenvalue weighted by atomic mass is 33.1. The van der Waals surface area contributed by atoms with Gasteiger partial charge >= 0.3 is 0 Å². The molecular formula is C30H42O2S4. The van der Waals surface area contributed by atoms with Gasteiger partial charge in [0.25, 0.3) is 0 Å². The predicted octanol–water partition coefficient (Wildman–Crippen LogP) is 10.2. The van der Waals surface area contributed by atoms with E-state index in [0.29, 0.717) is 0 Å². The van der Waals surface area contributed by atoms with Gasteiger partial charge in [-0.3, -0.25) is 0 Å². The van der Waals surface area contributed by atoms with Gasteiger partial charge in [-0.15, -0.1) is 23.5 Å². The molecule has 3 aliphatic rings. The van der Waals surface area contributed by atoms with Crippen molar-refractivity contribution in [2.75, 3.05) is 18.3 Å². The van der Waals surface area contributed by atoms with Gasteiger partial charge in [-0.2, -0.15) is 0 Å². The second-order valence-corrected chi connectivity index (χ2v) is 14.9. The minimum absolute atomic E-state index is 0.832. The van der Waals surface area contributed by atoms with Gasteiger partial charge in [0.15, 0.2) is 0 Å². The van der Waals surface area contributed by atoms with Crippen molar-refractivity contribution in [2.45, 2.75) is 101 Å². The third kappa shape index (κ3) is 7.51. The molecule has 2 aromatic rings. The second kappa shape index (κ2) is 14.6. The summed E-state index contributed by atoms with van der Waals surface area (Å²) in [7, 11) is 3.94. The molecule has 198 valence electrons. The SMILES string of the molecule is Cc1c2cc3c(C)c1OCCCCCCCCCCOc1c(C)c(cc(c1C)SCSC2)CSSC3. The number of benzene rings is 2. The molecule has 3 aliphatic heterocycles. The minimum atomic E-state index is 0.832. The lowest BCUT2D eigenvalue weighted by Crippen LogP contribution is -2.06. The minimum Gasteiger partial charge on any atom is -0.493 e. The fourth-order valence-corrected chi connectivity index (χ4v) is 9.54. The number of rotatable bonds is 0. The summed E-state index contributed by atoms with van der Waals surface area (Å²) in [5.41, 5.74) is 9.61. The third-order valence-corrected chi connectivity index (χ3v) is 12.0. The Balaban J connectivity index is 1.64. The number of fused-ring (bicyclic) bond motifs is 17. The molecule has 36 heavy (non-hydrogen) atoms. The molecule has 3 heterocycles. The first-order valence-corrected chi connectivity index (χ1v) is 18.1. The Morgan fingerprint density at radius 1 is 0.556 bits per heavy atom. The van der Waals surface area contributed by atoms with E-state index in [0.717, 1.165) is 59.9 Å². The molecule has 0 saturated heterocycles. The van der Waals surface area contributed by atoms with E-state index in [2.05, 4.69) is 39.8 Å². The Bertz CT molecular complexity index is 879. The zero-order valence-corrected chi connectivity index (χ0v) is 25.8. The Labute approximate surface area is 235 Å². The molecule has 2 aromatic carbocycles. The van der Waals surface area contributed by atoms with Crippen molar-refractivity contribution in [3.63, 3.8) is 0 Å². The molecule has 0 fully saturated rings. The van der Waals surface area contributed by atoms with Crippen LogP contribution in [0.5, 0.6) is 11.5 Å². The van der Waals surface area contributed by atoms with E-state index in [-0.39, 0.29) is 0 Å². The van der Waals surface area contributed by atoms with Gasteiger partial charge in [-0.05, 0) is 80.0 Å². The van der Waals surface area contributed by atoms with Gasteiger partial charge in [-0.25, -0.2) is 0 Å². The normalized spacial score (nSPS) is 18.7. The van der Waals surface area contributed by atoms with Crippen LogP contribution in [0, 0.1) is 27.7 Å². The van der Waals surface area contributed by atoms with Crippen LogP contribution in [0.3, 0.4) is 0 Å². The van der Waals surface area contributed by atoms with Crippen LogP contribution in [-0.2, 0) is 17.3 Å². The van der Waals surface area contributed by atoms with Gasteiger partial charge in [0.05, 0.1) is 13.2 Å². The van der Waals surface area contributed by atoms with Crippen LogP contribution >= 0.6 is 45.1 Å². The van der Waals surface area contributed by atoms with Gasteiger partial charge in [0.1, 0.15) is 11.5 Å². The van der Waals surface area contributed by atoms with Crippen LogP contribution < -0.4 is 9.47 Å². The highest BCUT2D eigenvalue weighted by Crippen LogP contribution is 2.42. The summed E-state index contributed by atoms with van der Waals surface area (Å²) >= 11 is 3.99. The first-order chi connectivity index (χ1) is 17.6. The molecule has 6 bridgehead atoms.